The largest absolute Gasteiger partial charge is 0.383 e. The van der Waals surface area contributed by atoms with Crippen molar-refractivity contribution in [2.24, 2.45) is 0 Å². The SMILES string of the molecule is Cc1cc(CNc2ncnc(N)c2C(C)C)no1. The van der Waals surface area contributed by atoms with Gasteiger partial charge in [-0.25, -0.2) is 9.97 Å². The van der Waals surface area contributed by atoms with Crippen LogP contribution in [-0.4, -0.2) is 15.1 Å². The molecule has 18 heavy (non-hydrogen) atoms. The van der Waals surface area contributed by atoms with Crippen LogP contribution in [0.15, 0.2) is 16.9 Å². The molecule has 0 aliphatic heterocycles. The Morgan fingerprint density at radius 3 is 2.78 bits per heavy atom. The fourth-order valence-electron chi connectivity index (χ4n) is 1.79. The van der Waals surface area contributed by atoms with Crippen molar-refractivity contribution in [1.29, 1.82) is 0 Å². The minimum Gasteiger partial charge on any atom is -0.383 e. The molecule has 0 radical (unpaired) electrons. The summed E-state index contributed by atoms with van der Waals surface area (Å²) in [7, 11) is 0. The molecule has 0 atom stereocenters. The standard InChI is InChI=1S/C12H17N5O/c1-7(2)10-11(13)15-6-16-12(10)14-5-9-4-8(3)18-17-9/h4,6-7H,5H2,1-3H3,(H3,13,14,15,16). The molecule has 0 amide bonds. The van der Waals surface area contributed by atoms with Gasteiger partial charge in [-0.3, -0.25) is 0 Å². The molecule has 0 bridgehead atoms. The maximum Gasteiger partial charge on any atom is 0.135 e. The van der Waals surface area contributed by atoms with Crippen LogP contribution in [0, 0.1) is 6.92 Å². The smallest absolute Gasteiger partial charge is 0.135 e. The quantitative estimate of drug-likeness (QED) is 0.859. The number of nitrogen functional groups attached to an aromatic ring is 1. The predicted octanol–water partition coefficient (Wildman–Crippen LogP) is 2.09. The average Bonchev–Trinajstić information content (AvgIpc) is 2.72. The van der Waals surface area contributed by atoms with Gasteiger partial charge in [-0.15, -0.1) is 0 Å². The number of rotatable bonds is 4. The lowest BCUT2D eigenvalue weighted by molar-refractivity contribution is 0.391. The van der Waals surface area contributed by atoms with Gasteiger partial charge in [0.1, 0.15) is 29.4 Å². The lowest BCUT2D eigenvalue weighted by Crippen LogP contribution is -2.09. The first-order valence-corrected chi connectivity index (χ1v) is 5.84. The van der Waals surface area contributed by atoms with Crippen molar-refractivity contribution in [3.8, 4) is 0 Å². The van der Waals surface area contributed by atoms with E-state index in [2.05, 4.69) is 34.3 Å². The van der Waals surface area contributed by atoms with E-state index in [9.17, 15) is 0 Å². The van der Waals surface area contributed by atoms with E-state index >= 15 is 0 Å². The Kier molecular flexibility index (Phi) is 3.45. The topological polar surface area (TPSA) is 89.9 Å². The molecule has 0 aliphatic carbocycles. The van der Waals surface area contributed by atoms with E-state index in [-0.39, 0.29) is 5.92 Å². The van der Waals surface area contributed by atoms with Crippen molar-refractivity contribution >= 4 is 11.6 Å². The van der Waals surface area contributed by atoms with Gasteiger partial charge in [-0.2, -0.15) is 0 Å². The summed E-state index contributed by atoms with van der Waals surface area (Å²) in [6.45, 7) is 6.52. The van der Waals surface area contributed by atoms with Gasteiger partial charge in [-0.1, -0.05) is 19.0 Å². The molecule has 0 saturated heterocycles. The van der Waals surface area contributed by atoms with Gasteiger partial charge in [0.2, 0.25) is 0 Å². The number of nitrogens with one attached hydrogen (secondary N) is 1. The Morgan fingerprint density at radius 1 is 1.39 bits per heavy atom. The van der Waals surface area contributed by atoms with Crippen LogP contribution < -0.4 is 11.1 Å². The Labute approximate surface area is 106 Å². The van der Waals surface area contributed by atoms with Crippen molar-refractivity contribution in [3.05, 3.63) is 29.4 Å². The monoisotopic (exact) mass is 247 g/mol. The summed E-state index contributed by atoms with van der Waals surface area (Å²) in [6.07, 6.45) is 1.46. The molecule has 2 heterocycles. The van der Waals surface area contributed by atoms with E-state index in [1.165, 1.54) is 6.33 Å². The van der Waals surface area contributed by atoms with E-state index < -0.39 is 0 Å². The minimum atomic E-state index is 0.257. The molecule has 0 spiro atoms. The zero-order chi connectivity index (χ0) is 13.1. The first kappa shape index (κ1) is 12.3. The first-order valence-electron chi connectivity index (χ1n) is 5.84. The highest BCUT2D eigenvalue weighted by atomic mass is 16.5. The van der Waals surface area contributed by atoms with Crippen molar-refractivity contribution < 1.29 is 4.52 Å². The van der Waals surface area contributed by atoms with Crippen LogP contribution in [0.5, 0.6) is 0 Å². The molecule has 0 saturated carbocycles. The second-order valence-corrected chi connectivity index (χ2v) is 4.46. The van der Waals surface area contributed by atoms with Crippen LogP contribution in [0.2, 0.25) is 0 Å². The van der Waals surface area contributed by atoms with Crippen LogP contribution in [0.3, 0.4) is 0 Å². The average molecular weight is 247 g/mol. The molecule has 96 valence electrons. The van der Waals surface area contributed by atoms with Crippen molar-refractivity contribution in [3.63, 3.8) is 0 Å². The summed E-state index contributed by atoms with van der Waals surface area (Å²) in [5.41, 5.74) is 7.63. The molecule has 2 aromatic heterocycles. The Hall–Kier alpha value is -2.11. The summed E-state index contributed by atoms with van der Waals surface area (Å²) >= 11 is 0. The molecular weight excluding hydrogens is 230 g/mol. The Morgan fingerprint density at radius 2 is 2.17 bits per heavy atom. The fraction of sp³-hybridized carbons (Fsp3) is 0.417. The number of anilines is 2. The highest BCUT2D eigenvalue weighted by molar-refractivity contribution is 5.56. The van der Waals surface area contributed by atoms with E-state index in [4.69, 9.17) is 10.3 Å². The summed E-state index contributed by atoms with van der Waals surface area (Å²) in [6, 6.07) is 1.88. The first-order chi connectivity index (χ1) is 8.58. The zero-order valence-electron chi connectivity index (χ0n) is 10.8. The van der Waals surface area contributed by atoms with Gasteiger partial charge in [-0.05, 0) is 12.8 Å². The van der Waals surface area contributed by atoms with Crippen LogP contribution in [0.4, 0.5) is 11.6 Å². The van der Waals surface area contributed by atoms with Crippen LogP contribution in [0.1, 0.15) is 36.8 Å². The number of hydrogen-bond donors (Lipinski definition) is 2. The third kappa shape index (κ3) is 2.58. The summed E-state index contributed by atoms with van der Waals surface area (Å²) in [5.74, 6) is 2.31. The zero-order valence-corrected chi connectivity index (χ0v) is 10.8. The lowest BCUT2D eigenvalue weighted by Gasteiger charge is -2.14. The molecule has 3 N–H and O–H groups in total. The molecular formula is C12H17N5O. The maximum atomic E-state index is 5.87. The number of nitrogens with zero attached hydrogens (tertiary/aromatic N) is 3. The Bertz CT molecular complexity index is 535. The van der Waals surface area contributed by atoms with Crippen LogP contribution in [-0.2, 0) is 6.54 Å². The van der Waals surface area contributed by atoms with Crippen molar-refractivity contribution in [2.75, 3.05) is 11.1 Å². The molecule has 0 aliphatic rings. The van der Waals surface area contributed by atoms with Gasteiger partial charge in [0, 0.05) is 11.6 Å². The van der Waals surface area contributed by atoms with E-state index in [1.54, 1.807) is 0 Å². The fourth-order valence-corrected chi connectivity index (χ4v) is 1.79. The molecule has 0 aromatic carbocycles. The second-order valence-electron chi connectivity index (χ2n) is 4.46. The molecule has 6 nitrogen and oxygen atoms in total. The third-order valence-electron chi connectivity index (χ3n) is 2.61. The molecule has 0 unspecified atom stereocenters. The normalized spacial score (nSPS) is 10.9. The van der Waals surface area contributed by atoms with E-state index in [0.717, 1.165) is 22.8 Å². The third-order valence-corrected chi connectivity index (χ3v) is 2.61. The molecule has 6 heteroatoms. The maximum absolute atomic E-state index is 5.87. The van der Waals surface area contributed by atoms with Gasteiger partial charge >= 0.3 is 0 Å². The van der Waals surface area contributed by atoms with Gasteiger partial charge in [0.25, 0.3) is 0 Å². The number of nitrogens with two attached hydrogens (primary N) is 1. The molecule has 2 rings (SSSR count). The van der Waals surface area contributed by atoms with Gasteiger partial charge in [0.15, 0.2) is 0 Å². The van der Waals surface area contributed by atoms with E-state index in [1.807, 2.05) is 13.0 Å². The lowest BCUT2D eigenvalue weighted by atomic mass is 10.0. The highest BCUT2D eigenvalue weighted by Crippen LogP contribution is 2.26. The van der Waals surface area contributed by atoms with Gasteiger partial charge < -0.3 is 15.6 Å². The van der Waals surface area contributed by atoms with Crippen molar-refractivity contribution in [1.82, 2.24) is 15.1 Å². The molecule has 2 aromatic rings. The minimum absolute atomic E-state index is 0.257. The van der Waals surface area contributed by atoms with Crippen molar-refractivity contribution in [2.45, 2.75) is 33.2 Å². The molecule has 0 fully saturated rings. The van der Waals surface area contributed by atoms with E-state index in [0.29, 0.717) is 12.4 Å². The highest BCUT2D eigenvalue weighted by Gasteiger charge is 2.13. The number of aromatic nitrogens is 3. The second kappa shape index (κ2) is 5.03. The number of aryl methyl sites for hydroxylation is 1. The van der Waals surface area contributed by atoms with Crippen LogP contribution in [0.25, 0.3) is 0 Å². The van der Waals surface area contributed by atoms with Crippen LogP contribution >= 0.6 is 0 Å². The predicted molar refractivity (Wildman–Crippen MR) is 69.1 cm³/mol. The Balaban J connectivity index is 2.16. The summed E-state index contributed by atoms with van der Waals surface area (Å²) in [5, 5.41) is 7.13. The number of hydrogen-bond acceptors (Lipinski definition) is 6. The summed E-state index contributed by atoms with van der Waals surface area (Å²) < 4.78 is 5.01. The summed E-state index contributed by atoms with van der Waals surface area (Å²) in [4.78, 5) is 8.23. The van der Waals surface area contributed by atoms with Gasteiger partial charge in [0.05, 0.1) is 6.54 Å².